The van der Waals surface area contributed by atoms with Gasteiger partial charge in [-0.05, 0) is 35.6 Å². The van der Waals surface area contributed by atoms with Crippen LogP contribution >= 0.6 is 0 Å². The van der Waals surface area contributed by atoms with Gasteiger partial charge in [0.25, 0.3) is 0 Å². The Kier molecular flexibility index (Phi) is 3.02. The predicted octanol–water partition coefficient (Wildman–Crippen LogP) is 3.47. The second-order valence-electron chi connectivity index (χ2n) is 6.52. The molecule has 1 aliphatic heterocycles. The largest absolute Gasteiger partial charge is 0.298 e. The monoisotopic (exact) mass is 292 g/mol. The molecule has 1 saturated carbocycles. The van der Waals surface area contributed by atoms with E-state index in [0.717, 1.165) is 31.6 Å². The molecular weight excluding hydrogens is 275 g/mol. The van der Waals surface area contributed by atoms with Crippen molar-refractivity contribution in [2.45, 2.75) is 18.4 Å². The van der Waals surface area contributed by atoms with Crippen LogP contribution in [0.25, 0.3) is 0 Å². The Balaban J connectivity index is 1.53. The van der Waals surface area contributed by atoms with Crippen LogP contribution in [0, 0.1) is 23.1 Å². The fraction of sp³-hybridized carbons (Fsp3) is 0.316. The average Bonchev–Trinajstić information content (AvgIpc) is 3.11. The summed E-state index contributed by atoms with van der Waals surface area (Å²) in [6.07, 6.45) is 1.14. The molecule has 0 bridgehead atoms. The number of benzene rings is 2. The lowest BCUT2D eigenvalue weighted by Crippen LogP contribution is -2.26. The summed E-state index contributed by atoms with van der Waals surface area (Å²) in [7, 11) is 0. The minimum absolute atomic E-state index is 0.115. The van der Waals surface area contributed by atoms with Gasteiger partial charge in [-0.15, -0.1) is 0 Å². The molecule has 1 aliphatic carbocycles. The number of piperidine rings is 1. The summed E-state index contributed by atoms with van der Waals surface area (Å²) in [5.74, 6) is 0.241. The third-order valence-corrected chi connectivity index (χ3v) is 5.13. The van der Waals surface area contributed by atoms with E-state index in [1.807, 2.05) is 18.2 Å². The van der Waals surface area contributed by atoms with Gasteiger partial charge in [-0.1, -0.05) is 36.4 Å². The normalized spacial score (nSPS) is 26.5. The summed E-state index contributed by atoms with van der Waals surface area (Å²) < 4.78 is 13.9. The van der Waals surface area contributed by atoms with Gasteiger partial charge < -0.3 is 0 Å². The summed E-state index contributed by atoms with van der Waals surface area (Å²) in [5, 5.41) is 8.86. The van der Waals surface area contributed by atoms with Crippen LogP contribution in [0.15, 0.2) is 48.5 Å². The molecule has 1 saturated heterocycles. The van der Waals surface area contributed by atoms with Crippen molar-refractivity contribution in [2.75, 3.05) is 13.1 Å². The number of nitrogens with zero attached hydrogens (tertiary/aromatic N) is 2. The lowest BCUT2D eigenvalue weighted by atomic mass is 9.94. The van der Waals surface area contributed by atoms with Crippen LogP contribution in [0.2, 0.25) is 0 Å². The van der Waals surface area contributed by atoms with E-state index in [1.165, 1.54) is 5.56 Å². The molecule has 1 heterocycles. The van der Waals surface area contributed by atoms with Crippen LogP contribution in [0.5, 0.6) is 0 Å². The van der Waals surface area contributed by atoms with Gasteiger partial charge in [-0.3, -0.25) is 4.90 Å². The van der Waals surface area contributed by atoms with Crippen molar-refractivity contribution >= 4 is 0 Å². The predicted molar refractivity (Wildman–Crippen MR) is 82.6 cm³/mol. The molecule has 0 amide bonds. The van der Waals surface area contributed by atoms with E-state index in [4.69, 9.17) is 5.26 Å². The zero-order chi connectivity index (χ0) is 15.2. The van der Waals surface area contributed by atoms with Crippen molar-refractivity contribution in [3.05, 3.63) is 71.0 Å². The first-order chi connectivity index (χ1) is 10.7. The molecule has 4 rings (SSSR count). The van der Waals surface area contributed by atoms with Gasteiger partial charge in [-0.2, -0.15) is 5.26 Å². The lowest BCUT2D eigenvalue weighted by Gasteiger charge is -2.21. The molecule has 2 fully saturated rings. The Morgan fingerprint density at radius 1 is 1.23 bits per heavy atom. The molecular formula is C19H17FN2. The molecule has 2 nitrogen and oxygen atoms in total. The van der Waals surface area contributed by atoms with Crippen molar-refractivity contribution in [1.29, 1.82) is 5.26 Å². The third kappa shape index (κ3) is 2.12. The fourth-order valence-electron chi connectivity index (χ4n) is 3.91. The van der Waals surface area contributed by atoms with Crippen LogP contribution in [-0.2, 0) is 12.0 Å². The van der Waals surface area contributed by atoms with Gasteiger partial charge in [0.1, 0.15) is 11.9 Å². The van der Waals surface area contributed by atoms with Crippen molar-refractivity contribution in [1.82, 2.24) is 4.90 Å². The summed E-state index contributed by atoms with van der Waals surface area (Å²) in [6.45, 7) is 3.02. The molecule has 2 unspecified atom stereocenters. The highest BCUT2D eigenvalue weighted by atomic mass is 19.1. The van der Waals surface area contributed by atoms with Crippen LogP contribution in [0.3, 0.4) is 0 Å². The van der Waals surface area contributed by atoms with Crippen LogP contribution in [0.4, 0.5) is 4.39 Å². The van der Waals surface area contributed by atoms with E-state index in [0.29, 0.717) is 5.92 Å². The quantitative estimate of drug-likeness (QED) is 0.866. The molecule has 110 valence electrons. The lowest BCUT2D eigenvalue weighted by molar-refractivity contribution is 0.290. The number of hydrogen-bond acceptors (Lipinski definition) is 2. The highest BCUT2D eigenvalue weighted by Crippen LogP contribution is 2.59. The maximum absolute atomic E-state index is 13.9. The van der Waals surface area contributed by atoms with Crippen molar-refractivity contribution in [3.63, 3.8) is 0 Å². The van der Waals surface area contributed by atoms with Crippen LogP contribution < -0.4 is 0 Å². The average molecular weight is 292 g/mol. The van der Waals surface area contributed by atoms with Gasteiger partial charge in [0.15, 0.2) is 0 Å². The zero-order valence-corrected chi connectivity index (χ0v) is 12.3. The van der Waals surface area contributed by atoms with Gasteiger partial charge >= 0.3 is 0 Å². The first-order valence-electron chi connectivity index (χ1n) is 7.68. The SMILES string of the molecule is N#Cc1ccc(C23CC2CN(Cc2ccccc2)C3)cc1F. The van der Waals surface area contributed by atoms with E-state index in [-0.39, 0.29) is 16.8 Å². The summed E-state index contributed by atoms with van der Waals surface area (Å²) >= 11 is 0. The molecule has 2 aliphatic rings. The van der Waals surface area contributed by atoms with Crippen molar-refractivity contribution < 1.29 is 4.39 Å². The Morgan fingerprint density at radius 2 is 2.05 bits per heavy atom. The van der Waals surface area contributed by atoms with Gasteiger partial charge in [0.2, 0.25) is 0 Å². The third-order valence-electron chi connectivity index (χ3n) is 5.13. The number of halogens is 1. The molecule has 2 atom stereocenters. The molecule has 3 heteroatoms. The van der Waals surface area contributed by atoms with Gasteiger partial charge in [0, 0.05) is 25.0 Å². The molecule has 0 radical (unpaired) electrons. The van der Waals surface area contributed by atoms with E-state index < -0.39 is 0 Å². The summed E-state index contributed by atoms with van der Waals surface area (Å²) in [4.78, 5) is 2.46. The van der Waals surface area contributed by atoms with Gasteiger partial charge in [0.05, 0.1) is 5.56 Å². The van der Waals surface area contributed by atoms with E-state index >= 15 is 0 Å². The number of fused-ring (bicyclic) bond motifs is 1. The first-order valence-corrected chi connectivity index (χ1v) is 7.68. The molecule has 2 aromatic carbocycles. The molecule has 0 spiro atoms. The Hall–Kier alpha value is -2.18. The van der Waals surface area contributed by atoms with Crippen LogP contribution in [-0.4, -0.2) is 18.0 Å². The minimum atomic E-state index is -0.387. The zero-order valence-electron chi connectivity index (χ0n) is 12.3. The minimum Gasteiger partial charge on any atom is -0.298 e. The molecule has 0 aromatic heterocycles. The molecule has 22 heavy (non-hydrogen) atoms. The Morgan fingerprint density at radius 3 is 2.77 bits per heavy atom. The first kappa shape index (κ1) is 13.5. The summed E-state index contributed by atoms with van der Waals surface area (Å²) in [5.41, 5.74) is 2.63. The van der Waals surface area contributed by atoms with Crippen molar-refractivity contribution in [3.8, 4) is 6.07 Å². The molecule has 0 N–H and O–H groups in total. The topological polar surface area (TPSA) is 27.0 Å². The van der Waals surface area contributed by atoms with Crippen LogP contribution in [0.1, 0.15) is 23.1 Å². The smallest absolute Gasteiger partial charge is 0.141 e. The maximum atomic E-state index is 13.9. The summed E-state index contributed by atoms with van der Waals surface area (Å²) in [6, 6.07) is 17.5. The number of likely N-dealkylation sites (tertiary alicyclic amines) is 1. The second-order valence-corrected chi connectivity index (χ2v) is 6.52. The van der Waals surface area contributed by atoms with E-state index in [2.05, 4.69) is 29.2 Å². The second kappa shape index (κ2) is 4.93. The highest BCUT2D eigenvalue weighted by molar-refractivity contribution is 5.42. The highest BCUT2D eigenvalue weighted by Gasteiger charge is 2.60. The molecule has 2 aromatic rings. The van der Waals surface area contributed by atoms with E-state index in [1.54, 1.807) is 12.1 Å². The Bertz CT molecular complexity index is 750. The number of nitriles is 1. The van der Waals surface area contributed by atoms with Crippen molar-refractivity contribution in [2.24, 2.45) is 5.92 Å². The number of rotatable bonds is 3. The Labute approximate surface area is 129 Å². The van der Waals surface area contributed by atoms with Gasteiger partial charge in [-0.25, -0.2) is 4.39 Å². The van der Waals surface area contributed by atoms with E-state index in [9.17, 15) is 4.39 Å². The maximum Gasteiger partial charge on any atom is 0.141 e. The number of hydrogen-bond donors (Lipinski definition) is 0. The fourth-order valence-corrected chi connectivity index (χ4v) is 3.91. The standard InChI is InChI=1S/C19H17FN2/c20-18-8-16(7-6-15(18)10-21)19-9-17(19)12-22(13-19)11-14-4-2-1-3-5-14/h1-8,17H,9,11-13H2.